The number of amides is 2. The quantitative estimate of drug-likeness (QED) is 0.342. The summed E-state index contributed by atoms with van der Waals surface area (Å²) in [6.07, 6.45) is -0.259. The van der Waals surface area contributed by atoms with E-state index in [-0.39, 0.29) is 27.9 Å². The molecule has 2 heterocycles. The van der Waals surface area contributed by atoms with Crippen LogP contribution in [0.1, 0.15) is 6.42 Å². The van der Waals surface area contributed by atoms with Crippen molar-refractivity contribution in [3.05, 3.63) is 56.1 Å². The molecule has 34 heavy (non-hydrogen) atoms. The first kappa shape index (κ1) is 25.8. The number of benzene rings is 2. The summed E-state index contributed by atoms with van der Waals surface area (Å²) in [6.45, 7) is 2.79. The first-order valence-corrected chi connectivity index (χ1v) is 13.9. The summed E-state index contributed by atoms with van der Waals surface area (Å²) in [5, 5.41) is 0.192. The van der Waals surface area contributed by atoms with Crippen LogP contribution in [-0.2, 0) is 24.3 Å². The van der Waals surface area contributed by atoms with Crippen molar-refractivity contribution in [1.82, 2.24) is 9.21 Å². The van der Waals surface area contributed by atoms with Gasteiger partial charge in [-0.3, -0.25) is 14.5 Å². The highest BCUT2D eigenvalue weighted by molar-refractivity contribution is 14.1. The topological polar surface area (TPSA) is 87.2 Å². The van der Waals surface area contributed by atoms with Gasteiger partial charge in [-0.15, -0.1) is 0 Å². The summed E-state index contributed by atoms with van der Waals surface area (Å²) >= 11 is 14.4. The standard InChI is InChI=1S/C22H22Cl2IN3O5S/c23-15-1-6-18(24)20(13-15)34(31,32)27(8-7-26-9-11-33-12-10-26)19-14-21(29)28(22(19)30)17-4-2-16(25)3-5-17/h1-6,13,19H,7-12,14H2. The molecule has 1 unspecified atom stereocenters. The van der Waals surface area contributed by atoms with E-state index in [1.165, 1.54) is 18.2 Å². The van der Waals surface area contributed by atoms with Gasteiger partial charge in [0.1, 0.15) is 10.9 Å². The molecular formula is C22H22Cl2IN3O5S. The fourth-order valence-electron chi connectivity index (χ4n) is 4.01. The van der Waals surface area contributed by atoms with Gasteiger partial charge in [0.2, 0.25) is 15.9 Å². The van der Waals surface area contributed by atoms with E-state index in [4.69, 9.17) is 27.9 Å². The molecule has 0 saturated carbocycles. The van der Waals surface area contributed by atoms with Crippen LogP contribution in [-0.4, -0.2) is 74.9 Å². The number of sulfonamides is 1. The minimum absolute atomic E-state index is 0.00737. The lowest BCUT2D eigenvalue weighted by Gasteiger charge is -2.31. The van der Waals surface area contributed by atoms with Gasteiger partial charge in [0, 0.05) is 34.8 Å². The highest BCUT2D eigenvalue weighted by Gasteiger charge is 2.47. The van der Waals surface area contributed by atoms with Crippen LogP contribution in [0.15, 0.2) is 47.4 Å². The van der Waals surface area contributed by atoms with Gasteiger partial charge in [0.15, 0.2) is 0 Å². The van der Waals surface area contributed by atoms with Gasteiger partial charge in [-0.25, -0.2) is 13.3 Å². The molecule has 182 valence electrons. The monoisotopic (exact) mass is 637 g/mol. The zero-order valence-corrected chi connectivity index (χ0v) is 22.5. The van der Waals surface area contributed by atoms with E-state index in [0.717, 1.165) is 12.8 Å². The maximum atomic E-state index is 13.8. The second-order valence-corrected chi connectivity index (χ2v) is 11.9. The molecular weight excluding hydrogens is 616 g/mol. The molecule has 2 saturated heterocycles. The maximum Gasteiger partial charge on any atom is 0.252 e. The van der Waals surface area contributed by atoms with E-state index < -0.39 is 27.9 Å². The minimum atomic E-state index is -4.25. The maximum absolute atomic E-state index is 13.8. The van der Waals surface area contributed by atoms with Crippen molar-refractivity contribution in [3.8, 4) is 0 Å². The molecule has 0 aromatic heterocycles. The van der Waals surface area contributed by atoms with Crippen LogP contribution in [0.5, 0.6) is 0 Å². The zero-order valence-electron chi connectivity index (χ0n) is 18.0. The molecule has 2 aliphatic rings. The molecule has 1 atom stereocenters. The Bertz CT molecular complexity index is 1190. The summed E-state index contributed by atoms with van der Waals surface area (Å²) in [6, 6.07) is 9.86. The van der Waals surface area contributed by atoms with Gasteiger partial charge in [0.05, 0.1) is 30.3 Å². The Balaban J connectivity index is 1.68. The summed E-state index contributed by atoms with van der Waals surface area (Å²) in [5.41, 5.74) is 0.407. The first-order valence-electron chi connectivity index (χ1n) is 10.6. The van der Waals surface area contributed by atoms with Crippen LogP contribution in [0.2, 0.25) is 10.0 Å². The Morgan fingerprint density at radius 2 is 1.74 bits per heavy atom. The van der Waals surface area contributed by atoms with Gasteiger partial charge >= 0.3 is 0 Å². The summed E-state index contributed by atoms with van der Waals surface area (Å²) in [4.78, 5) is 29.2. The smallest absolute Gasteiger partial charge is 0.252 e. The van der Waals surface area contributed by atoms with Gasteiger partial charge < -0.3 is 4.74 Å². The van der Waals surface area contributed by atoms with Crippen LogP contribution >= 0.6 is 45.8 Å². The number of hydrogen-bond acceptors (Lipinski definition) is 6. The highest BCUT2D eigenvalue weighted by Crippen LogP contribution is 2.33. The van der Waals surface area contributed by atoms with Gasteiger partial charge in [0.25, 0.3) is 5.91 Å². The fourth-order valence-corrected chi connectivity index (χ4v) is 6.68. The second kappa shape index (κ2) is 10.8. The average molecular weight is 638 g/mol. The SMILES string of the molecule is O=C1CC(N(CCN2CCOCC2)S(=O)(=O)c2cc(Cl)ccc2Cl)C(=O)N1c1ccc(I)cc1. The molecule has 2 aromatic rings. The molecule has 0 bridgehead atoms. The van der Waals surface area contributed by atoms with E-state index in [1.54, 1.807) is 24.3 Å². The first-order chi connectivity index (χ1) is 16.2. The molecule has 8 nitrogen and oxygen atoms in total. The van der Waals surface area contributed by atoms with E-state index in [0.29, 0.717) is 38.5 Å². The summed E-state index contributed by atoms with van der Waals surface area (Å²) < 4.78 is 34.9. The normalized spacial score (nSPS) is 19.9. The van der Waals surface area contributed by atoms with Gasteiger partial charge in [-0.1, -0.05) is 23.2 Å². The van der Waals surface area contributed by atoms with Crippen LogP contribution < -0.4 is 4.90 Å². The molecule has 0 N–H and O–H groups in total. The van der Waals surface area contributed by atoms with Crippen LogP contribution in [0.3, 0.4) is 0 Å². The Morgan fingerprint density at radius 3 is 2.41 bits per heavy atom. The minimum Gasteiger partial charge on any atom is -0.379 e. The lowest BCUT2D eigenvalue weighted by Crippen LogP contribution is -2.49. The third-order valence-electron chi connectivity index (χ3n) is 5.78. The number of carbonyl (C=O) groups excluding carboxylic acids is 2. The van der Waals surface area contributed by atoms with Crippen LogP contribution in [0, 0.1) is 3.57 Å². The van der Waals surface area contributed by atoms with Crippen molar-refractivity contribution in [3.63, 3.8) is 0 Å². The molecule has 0 spiro atoms. The van der Waals surface area contributed by atoms with Crippen molar-refractivity contribution in [2.45, 2.75) is 17.4 Å². The Hall–Kier alpha value is -1.28. The molecule has 0 radical (unpaired) electrons. The van der Waals surface area contributed by atoms with E-state index in [9.17, 15) is 18.0 Å². The van der Waals surface area contributed by atoms with Crippen molar-refractivity contribution in [2.75, 3.05) is 44.3 Å². The predicted molar refractivity (Wildman–Crippen MR) is 138 cm³/mol. The van der Waals surface area contributed by atoms with E-state index >= 15 is 0 Å². The van der Waals surface area contributed by atoms with Crippen molar-refractivity contribution in [1.29, 1.82) is 0 Å². The predicted octanol–water partition coefficient (Wildman–Crippen LogP) is 3.25. The number of imide groups is 1. The third-order valence-corrected chi connectivity index (χ3v) is 9.12. The molecule has 2 aliphatic heterocycles. The number of rotatable bonds is 7. The third kappa shape index (κ3) is 5.43. The molecule has 4 rings (SSSR count). The lowest BCUT2D eigenvalue weighted by molar-refractivity contribution is -0.122. The summed E-state index contributed by atoms with van der Waals surface area (Å²) in [5.74, 6) is -1.05. The number of ether oxygens (including phenoxy) is 1. The zero-order chi connectivity index (χ0) is 24.5. The second-order valence-electron chi connectivity index (χ2n) is 7.91. The van der Waals surface area contributed by atoms with Crippen LogP contribution in [0.4, 0.5) is 5.69 Å². The number of morpholine rings is 1. The fraction of sp³-hybridized carbons (Fsp3) is 0.364. The number of halogens is 3. The molecule has 2 amide bonds. The highest BCUT2D eigenvalue weighted by atomic mass is 127. The number of nitrogens with zero attached hydrogens (tertiary/aromatic N) is 3. The van der Waals surface area contributed by atoms with Crippen molar-refractivity contribution >= 4 is 73.3 Å². The van der Waals surface area contributed by atoms with Gasteiger partial charge in [-0.05, 0) is 65.1 Å². The molecule has 2 aromatic carbocycles. The number of hydrogen-bond donors (Lipinski definition) is 0. The van der Waals surface area contributed by atoms with Crippen LogP contribution in [0.25, 0.3) is 0 Å². The van der Waals surface area contributed by atoms with Crippen molar-refractivity contribution < 1.29 is 22.7 Å². The number of carbonyl (C=O) groups is 2. The Labute approximate surface area is 221 Å². The summed E-state index contributed by atoms with van der Waals surface area (Å²) in [7, 11) is -4.25. The Kier molecular flexibility index (Phi) is 8.17. The number of anilines is 1. The average Bonchev–Trinajstić information content (AvgIpc) is 3.10. The molecule has 12 heteroatoms. The van der Waals surface area contributed by atoms with E-state index in [2.05, 4.69) is 27.5 Å². The van der Waals surface area contributed by atoms with Gasteiger partial charge in [-0.2, -0.15) is 4.31 Å². The van der Waals surface area contributed by atoms with E-state index in [1.807, 2.05) is 0 Å². The van der Waals surface area contributed by atoms with Crippen molar-refractivity contribution in [2.24, 2.45) is 0 Å². The lowest BCUT2D eigenvalue weighted by atomic mass is 10.2. The largest absolute Gasteiger partial charge is 0.379 e. The molecule has 0 aliphatic carbocycles. The molecule has 2 fully saturated rings. The Morgan fingerprint density at radius 1 is 1.06 bits per heavy atom.